The SMILES string of the molecule is Cc1nc(N2CCOCC2)c2nc(-c3cncn3C)sc2n1. The van der Waals surface area contributed by atoms with Crippen LogP contribution in [-0.2, 0) is 11.8 Å². The molecule has 0 spiro atoms. The van der Waals surface area contributed by atoms with Gasteiger partial charge < -0.3 is 14.2 Å². The third-order valence-corrected chi connectivity index (χ3v) is 4.67. The van der Waals surface area contributed by atoms with E-state index in [0.29, 0.717) is 0 Å². The second-order valence-corrected chi connectivity index (χ2v) is 6.23. The summed E-state index contributed by atoms with van der Waals surface area (Å²) in [5.41, 5.74) is 1.86. The topological polar surface area (TPSA) is 69.0 Å². The van der Waals surface area contributed by atoms with E-state index in [1.54, 1.807) is 17.7 Å². The lowest BCUT2D eigenvalue weighted by atomic mass is 10.3. The molecule has 7 nitrogen and oxygen atoms in total. The molecule has 4 rings (SSSR count). The smallest absolute Gasteiger partial charge is 0.160 e. The molecule has 4 heterocycles. The Morgan fingerprint density at radius 1 is 1.18 bits per heavy atom. The van der Waals surface area contributed by atoms with Gasteiger partial charge in [-0.05, 0) is 6.92 Å². The van der Waals surface area contributed by atoms with Crippen LogP contribution in [0.4, 0.5) is 5.82 Å². The number of thiazole rings is 1. The summed E-state index contributed by atoms with van der Waals surface area (Å²) in [5, 5.41) is 0.921. The average Bonchev–Trinajstić information content (AvgIpc) is 3.12. The molecule has 0 aromatic carbocycles. The molecule has 0 unspecified atom stereocenters. The largest absolute Gasteiger partial charge is 0.378 e. The van der Waals surface area contributed by atoms with E-state index in [-0.39, 0.29) is 0 Å². The van der Waals surface area contributed by atoms with Crippen LogP contribution in [-0.4, -0.2) is 50.8 Å². The van der Waals surface area contributed by atoms with E-state index in [4.69, 9.17) is 9.72 Å². The van der Waals surface area contributed by atoms with Gasteiger partial charge in [0.2, 0.25) is 0 Å². The zero-order chi connectivity index (χ0) is 15.1. The first-order valence-electron chi connectivity index (χ1n) is 7.17. The summed E-state index contributed by atoms with van der Waals surface area (Å²) in [6.07, 6.45) is 3.60. The van der Waals surface area contributed by atoms with Gasteiger partial charge in [0.15, 0.2) is 5.82 Å². The van der Waals surface area contributed by atoms with E-state index in [1.807, 2.05) is 24.7 Å². The Bertz CT molecular complexity index is 820. The minimum atomic E-state index is 0.725. The lowest BCUT2D eigenvalue weighted by Gasteiger charge is -2.27. The number of aryl methyl sites for hydroxylation is 2. The number of nitrogens with zero attached hydrogens (tertiary/aromatic N) is 6. The highest BCUT2D eigenvalue weighted by Gasteiger charge is 2.20. The van der Waals surface area contributed by atoms with Crippen molar-refractivity contribution in [3.8, 4) is 10.7 Å². The molecule has 3 aromatic heterocycles. The Morgan fingerprint density at radius 2 is 2.00 bits per heavy atom. The molecule has 1 saturated heterocycles. The molecule has 1 aliphatic heterocycles. The summed E-state index contributed by atoms with van der Waals surface area (Å²) in [7, 11) is 1.97. The van der Waals surface area contributed by atoms with E-state index < -0.39 is 0 Å². The van der Waals surface area contributed by atoms with Gasteiger partial charge in [-0.25, -0.2) is 19.9 Å². The fourth-order valence-corrected chi connectivity index (χ4v) is 3.61. The fraction of sp³-hybridized carbons (Fsp3) is 0.429. The van der Waals surface area contributed by atoms with E-state index in [9.17, 15) is 0 Å². The van der Waals surface area contributed by atoms with Gasteiger partial charge in [0.1, 0.15) is 21.2 Å². The Balaban J connectivity index is 1.86. The number of morpholine rings is 1. The summed E-state index contributed by atoms with van der Waals surface area (Å²) in [6.45, 7) is 5.05. The maximum absolute atomic E-state index is 5.43. The highest BCUT2D eigenvalue weighted by atomic mass is 32.1. The Hall–Kier alpha value is -2.06. The summed E-state index contributed by atoms with van der Waals surface area (Å²) < 4.78 is 7.39. The van der Waals surface area contributed by atoms with Crippen LogP contribution >= 0.6 is 11.3 Å². The van der Waals surface area contributed by atoms with E-state index in [0.717, 1.165) is 59.0 Å². The number of hydrogen-bond donors (Lipinski definition) is 0. The van der Waals surface area contributed by atoms with Gasteiger partial charge in [-0.3, -0.25) is 0 Å². The lowest BCUT2D eigenvalue weighted by molar-refractivity contribution is 0.122. The number of anilines is 1. The zero-order valence-electron chi connectivity index (χ0n) is 12.5. The third-order valence-electron chi connectivity index (χ3n) is 3.70. The highest BCUT2D eigenvalue weighted by Crippen LogP contribution is 2.33. The highest BCUT2D eigenvalue weighted by molar-refractivity contribution is 7.21. The molecular weight excluding hydrogens is 300 g/mol. The number of fused-ring (bicyclic) bond motifs is 1. The Labute approximate surface area is 131 Å². The molecule has 0 atom stereocenters. The summed E-state index contributed by atoms with van der Waals surface area (Å²) >= 11 is 1.58. The van der Waals surface area contributed by atoms with Crippen molar-refractivity contribution in [3.05, 3.63) is 18.3 Å². The number of ether oxygens (including phenoxy) is 1. The summed E-state index contributed by atoms with van der Waals surface area (Å²) in [4.78, 5) is 21.3. The van der Waals surface area contributed by atoms with Crippen molar-refractivity contribution in [2.45, 2.75) is 6.92 Å². The normalized spacial score (nSPS) is 15.6. The molecule has 0 bridgehead atoms. The lowest BCUT2D eigenvalue weighted by Crippen LogP contribution is -2.37. The van der Waals surface area contributed by atoms with Crippen molar-refractivity contribution in [2.75, 3.05) is 31.2 Å². The van der Waals surface area contributed by atoms with E-state index in [2.05, 4.69) is 19.9 Å². The number of aromatic nitrogens is 5. The first-order chi connectivity index (χ1) is 10.7. The molecule has 1 aliphatic rings. The predicted molar refractivity (Wildman–Crippen MR) is 85.2 cm³/mol. The molecule has 0 N–H and O–H groups in total. The molecule has 0 radical (unpaired) electrons. The molecule has 22 heavy (non-hydrogen) atoms. The van der Waals surface area contributed by atoms with Crippen LogP contribution in [0, 0.1) is 6.92 Å². The first kappa shape index (κ1) is 13.6. The molecular formula is C14H16N6OS. The van der Waals surface area contributed by atoms with Gasteiger partial charge in [-0.1, -0.05) is 11.3 Å². The molecule has 1 fully saturated rings. The van der Waals surface area contributed by atoms with Crippen molar-refractivity contribution in [1.29, 1.82) is 0 Å². The van der Waals surface area contributed by atoms with Crippen molar-refractivity contribution in [2.24, 2.45) is 7.05 Å². The van der Waals surface area contributed by atoms with Crippen LogP contribution in [0.2, 0.25) is 0 Å². The summed E-state index contributed by atoms with van der Waals surface area (Å²) in [5.74, 6) is 1.68. The number of hydrogen-bond acceptors (Lipinski definition) is 7. The van der Waals surface area contributed by atoms with Crippen molar-refractivity contribution in [1.82, 2.24) is 24.5 Å². The van der Waals surface area contributed by atoms with Gasteiger partial charge >= 0.3 is 0 Å². The summed E-state index contributed by atoms with van der Waals surface area (Å²) in [6, 6.07) is 0. The van der Waals surface area contributed by atoms with E-state index >= 15 is 0 Å². The molecule has 0 amide bonds. The van der Waals surface area contributed by atoms with Crippen LogP contribution in [0.3, 0.4) is 0 Å². The van der Waals surface area contributed by atoms with Crippen LogP contribution in [0.5, 0.6) is 0 Å². The van der Waals surface area contributed by atoms with Gasteiger partial charge in [0.05, 0.1) is 31.4 Å². The van der Waals surface area contributed by atoms with Gasteiger partial charge in [0.25, 0.3) is 0 Å². The molecule has 0 aliphatic carbocycles. The Morgan fingerprint density at radius 3 is 2.73 bits per heavy atom. The molecule has 8 heteroatoms. The monoisotopic (exact) mass is 316 g/mol. The van der Waals surface area contributed by atoms with Crippen LogP contribution in [0.25, 0.3) is 21.0 Å². The van der Waals surface area contributed by atoms with Crippen molar-refractivity contribution in [3.63, 3.8) is 0 Å². The standard InChI is InChI=1S/C14H16N6OS/c1-9-16-12(20-3-5-21-6-4-20)11-14(17-9)22-13(18-11)10-7-15-8-19(10)2/h7-8H,3-6H2,1-2H3. The minimum absolute atomic E-state index is 0.725. The average molecular weight is 316 g/mol. The zero-order valence-corrected chi connectivity index (χ0v) is 13.3. The minimum Gasteiger partial charge on any atom is -0.378 e. The number of imidazole rings is 1. The molecule has 0 saturated carbocycles. The van der Waals surface area contributed by atoms with Crippen molar-refractivity contribution < 1.29 is 4.74 Å². The van der Waals surface area contributed by atoms with Gasteiger partial charge in [0, 0.05) is 20.1 Å². The maximum atomic E-state index is 5.43. The number of rotatable bonds is 2. The Kier molecular flexibility index (Phi) is 3.27. The maximum Gasteiger partial charge on any atom is 0.160 e. The second-order valence-electron chi connectivity index (χ2n) is 5.26. The van der Waals surface area contributed by atoms with Gasteiger partial charge in [-0.2, -0.15) is 0 Å². The third kappa shape index (κ3) is 2.24. The first-order valence-corrected chi connectivity index (χ1v) is 7.98. The van der Waals surface area contributed by atoms with E-state index in [1.165, 1.54) is 0 Å². The second kappa shape index (κ2) is 5.29. The molecule has 3 aromatic rings. The van der Waals surface area contributed by atoms with Crippen LogP contribution in [0.1, 0.15) is 5.82 Å². The van der Waals surface area contributed by atoms with Crippen LogP contribution in [0.15, 0.2) is 12.5 Å². The predicted octanol–water partition coefficient (Wildman–Crippen LogP) is 1.63. The van der Waals surface area contributed by atoms with Gasteiger partial charge in [-0.15, -0.1) is 0 Å². The van der Waals surface area contributed by atoms with Crippen LogP contribution < -0.4 is 4.90 Å². The molecule has 114 valence electrons. The fourth-order valence-electron chi connectivity index (χ4n) is 2.58. The van der Waals surface area contributed by atoms with Crippen molar-refractivity contribution >= 4 is 27.5 Å². The quantitative estimate of drug-likeness (QED) is 0.716.